The minimum atomic E-state index is 0.184. The third-order valence-electron chi connectivity index (χ3n) is 4.99. The first-order valence-corrected chi connectivity index (χ1v) is 9.47. The Kier molecular flexibility index (Phi) is 6.45. The van der Waals surface area contributed by atoms with E-state index in [9.17, 15) is 5.11 Å². The van der Waals surface area contributed by atoms with Gasteiger partial charge in [0.25, 0.3) is 0 Å². The van der Waals surface area contributed by atoms with E-state index in [1.165, 1.54) is 0 Å². The van der Waals surface area contributed by atoms with Gasteiger partial charge in [-0.25, -0.2) is 9.97 Å². The van der Waals surface area contributed by atoms with E-state index in [1.54, 1.807) is 6.33 Å². The van der Waals surface area contributed by atoms with Crippen molar-refractivity contribution in [3.8, 4) is 0 Å². The van der Waals surface area contributed by atoms with E-state index in [-0.39, 0.29) is 12.6 Å². The van der Waals surface area contributed by atoms with E-state index in [0.29, 0.717) is 12.2 Å². The maximum Gasteiger partial charge on any atom is 0.134 e. The van der Waals surface area contributed by atoms with Gasteiger partial charge in [0.15, 0.2) is 0 Å². The molecule has 0 amide bonds. The maximum absolute atomic E-state index is 9.49. The second kappa shape index (κ2) is 8.78. The van der Waals surface area contributed by atoms with Crippen molar-refractivity contribution in [3.63, 3.8) is 0 Å². The largest absolute Gasteiger partial charge is 0.394 e. The number of morpholine rings is 1. The topological polar surface area (TPSA) is 73.8 Å². The Morgan fingerprint density at radius 1 is 1.28 bits per heavy atom. The SMILES string of the molecule is C[C@@H]1CN(CCCNc2cc(N3CCC[C@@H]3CO)ncn2)C[C@@H](C)O1. The summed E-state index contributed by atoms with van der Waals surface area (Å²) in [6.45, 7) is 9.40. The van der Waals surface area contributed by atoms with Crippen LogP contribution < -0.4 is 10.2 Å². The van der Waals surface area contributed by atoms with Gasteiger partial charge in [-0.05, 0) is 33.1 Å². The van der Waals surface area contributed by atoms with Gasteiger partial charge in [-0.1, -0.05) is 0 Å². The van der Waals surface area contributed by atoms with Crippen LogP contribution in [-0.2, 0) is 4.74 Å². The van der Waals surface area contributed by atoms with Crippen molar-refractivity contribution in [2.45, 2.75) is 51.4 Å². The first-order valence-electron chi connectivity index (χ1n) is 9.47. The van der Waals surface area contributed by atoms with Crippen LogP contribution in [0.2, 0.25) is 0 Å². The molecule has 1 aromatic rings. The molecule has 1 aromatic heterocycles. The van der Waals surface area contributed by atoms with Gasteiger partial charge in [0.1, 0.15) is 18.0 Å². The van der Waals surface area contributed by atoms with E-state index in [1.807, 2.05) is 6.07 Å². The van der Waals surface area contributed by atoms with Crippen LogP contribution in [0.25, 0.3) is 0 Å². The van der Waals surface area contributed by atoms with Crippen molar-refractivity contribution in [2.75, 3.05) is 49.5 Å². The van der Waals surface area contributed by atoms with Gasteiger partial charge >= 0.3 is 0 Å². The Labute approximate surface area is 150 Å². The number of ether oxygens (including phenoxy) is 1. The molecule has 2 N–H and O–H groups in total. The van der Waals surface area contributed by atoms with Crippen molar-refractivity contribution in [2.24, 2.45) is 0 Å². The van der Waals surface area contributed by atoms with Crippen molar-refractivity contribution >= 4 is 11.6 Å². The molecule has 2 aliphatic heterocycles. The van der Waals surface area contributed by atoms with Crippen LogP contribution in [0.1, 0.15) is 33.1 Å². The number of nitrogens with one attached hydrogen (secondary N) is 1. The Morgan fingerprint density at radius 3 is 2.84 bits per heavy atom. The molecular weight excluding hydrogens is 318 g/mol. The highest BCUT2D eigenvalue weighted by atomic mass is 16.5. The fourth-order valence-electron chi connectivity index (χ4n) is 3.91. The molecule has 0 radical (unpaired) electrons. The summed E-state index contributed by atoms with van der Waals surface area (Å²) in [5, 5.41) is 12.9. The Bertz CT molecular complexity index is 534. The lowest BCUT2D eigenvalue weighted by atomic mass is 10.2. The van der Waals surface area contributed by atoms with Crippen LogP contribution in [0.4, 0.5) is 11.6 Å². The number of hydrogen-bond donors (Lipinski definition) is 2. The van der Waals surface area contributed by atoms with Gasteiger partial charge in [0.05, 0.1) is 24.9 Å². The number of rotatable bonds is 7. The minimum Gasteiger partial charge on any atom is -0.394 e. The fraction of sp³-hybridized carbons (Fsp3) is 0.778. The molecule has 3 atom stereocenters. The van der Waals surface area contributed by atoms with Gasteiger partial charge in [-0.2, -0.15) is 0 Å². The highest BCUT2D eigenvalue weighted by molar-refractivity contribution is 5.49. The lowest BCUT2D eigenvalue weighted by molar-refractivity contribution is -0.0678. The average molecular weight is 349 g/mol. The summed E-state index contributed by atoms with van der Waals surface area (Å²) >= 11 is 0. The molecule has 2 fully saturated rings. The van der Waals surface area contributed by atoms with Gasteiger partial charge in [0, 0.05) is 38.8 Å². The number of anilines is 2. The molecule has 7 nitrogen and oxygen atoms in total. The van der Waals surface area contributed by atoms with Gasteiger partial charge < -0.3 is 20.1 Å². The van der Waals surface area contributed by atoms with Crippen LogP contribution in [0, 0.1) is 0 Å². The van der Waals surface area contributed by atoms with Crippen molar-refractivity contribution in [1.29, 1.82) is 0 Å². The summed E-state index contributed by atoms with van der Waals surface area (Å²) in [6.07, 6.45) is 5.45. The number of aromatic nitrogens is 2. The molecule has 2 saturated heterocycles. The summed E-state index contributed by atoms with van der Waals surface area (Å²) in [5.74, 6) is 1.77. The predicted octanol–water partition coefficient (Wildman–Crippen LogP) is 1.35. The van der Waals surface area contributed by atoms with E-state index in [4.69, 9.17) is 4.74 Å². The normalized spacial score (nSPS) is 27.6. The molecule has 3 rings (SSSR count). The van der Waals surface area contributed by atoms with Crippen molar-refractivity contribution in [1.82, 2.24) is 14.9 Å². The average Bonchev–Trinajstić information content (AvgIpc) is 3.07. The Balaban J connectivity index is 1.45. The first kappa shape index (κ1) is 18.4. The monoisotopic (exact) mass is 349 g/mol. The molecule has 0 aliphatic carbocycles. The third-order valence-corrected chi connectivity index (χ3v) is 4.99. The zero-order chi connectivity index (χ0) is 17.6. The number of aliphatic hydroxyl groups excluding tert-OH is 1. The van der Waals surface area contributed by atoms with Crippen LogP contribution in [0.15, 0.2) is 12.4 Å². The summed E-state index contributed by atoms with van der Waals surface area (Å²) in [6, 6.07) is 2.18. The van der Waals surface area contributed by atoms with Crippen LogP contribution in [0.5, 0.6) is 0 Å². The third kappa shape index (κ3) is 5.03. The molecule has 0 unspecified atom stereocenters. The lowest BCUT2D eigenvalue weighted by Gasteiger charge is -2.35. The Hall–Kier alpha value is -1.44. The van der Waals surface area contributed by atoms with E-state index >= 15 is 0 Å². The highest BCUT2D eigenvalue weighted by Crippen LogP contribution is 2.24. The van der Waals surface area contributed by atoms with Crippen LogP contribution in [-0.4, -0.2) is 77.6 Å². The highest BCUT2D eigenvalue weighted by Gasteiger charge is 2.25. The lowest BCUT2D eigenvalue weighted by Crippen LogP contribution is -2.45. The number of hydrogen-bond acceptors (Lipinski definition) is 7. The Morgan fingerprint density at radius 2 is 2.08 bits per heavy atom. The van der Waals surface area contributed by atoms with Gasteiger partial charge in [-0.15, -0.1) is 0 Å². The molecule has 25 heavy (non-hydrogen) atoms. The molecular formula is C18H31N5O2. The fourth-order valence-corrected chi connectivity index (χ4v) is 3.91. The van der Waals surface area contributed by atoms with Crippen molar-refractivity contribution in [3.05, 3.63) is 12.4 Å². The molecule has 0 spiro atoms. The summed E-state index contributed by atoms with van der Waals surface area (Å²) in [7, 11) is 0. The van der Waals surface area contributed by atoms with E-state index in [0.717, 1.165) is 63.6 Å². The second-order valence-corrected chi connectivity index (χ2v) is 7.23. The van der Waals surface area contributed by atoms with Gasteiger partial charge in [0.2, 0.25) is 0 Å². The smallest absolute Gasteiger partial charge is 0.134 e. The minimum absolute atomic E-state index is 0.184. The molecule has 0 saturated carbocycles. The zero-order valence-electron chi connectivity index (χ0n) is 15.4. The second-order valence-electron chi connectivity index (χ2n) is 7.23. The molecule has 2 aliphatic rings. The molecule has 3 heterocycles. The van der Waals surface area contributed by atoms with Gasteiger partial charge in [-0.3, -0.25) is 4.90 Å². The van der Waals surface area contributed by atoms with E-state index < -0.39 is 0 Å². The molecule has 140 valence electrons. The summed E-state index contributed by atoms with van der Waals surface area (Å²) < 4.78 is 5.78. The summed E-state index contributed by atoms with van der Waals surface area (Å²) in [4.78, 5) is 13.4. The summed E-state index contributed by atoms with van der Waals surface area (Å²) in [5.41, 5.74) is 0. The number of nitrogens with zero attached hydrogens (tertiary/aromatic N) is 4. The first-order chi connectivity index (χ1) is 12.2. The quantitative estimate of drug-likeness (QED) is 0.720. The molecule has 0 bridgehead atoms. The maximum atomic E-state index is 9.49. The van der Waals surface area contributed by atoms with Crippen LogP contribution in [0.3, 0.4) is 0 Å². The van der Waals surface area contributed by atoms with E-state index in [2.05, 4.69) is 38.9 Å². The van der Waals surface area contributed by atoms with Crippen LogP contribution >= 0.6 is 0 Å². The number of aliphatic hydroxyl groups is 1. The molecule has 0 aromatic carbocycles. The zero-order valence-corrected chi connectivity index (χ0v) is 15.4. The predicted molar refractivity (Wildman–Crippen MR) is 99.0 cm³/mol. The standard InChI is InChI=1S/C18H31N5O2/c1-14-10-22(11-15(2)25-14)7-4-6-19-17-9-18(21-13-20-17)23-8-3-5-16(23)12-24/h9,13-16,24H,3-8,10-12H2,1-2H3,(H,19,20,21)/t14-,15-,16-/m1/s1. The van der Waals surface area contributed by atoms with Crippen molar-refractivity contribution < 1.29 is 9.84 Å². The molecule has 7 heteroatoms.